The summed E-state index contributed by atoms with van der Waals surface area (Å²) in [4.78, 5) is 16.4. The molecule has 1 aliphatic rings. The van der Waals surface area contributed by atoms with Gasteiger partial charge in [0.1, 0.15) is 28.1 Å². The standard InChI is InChI=1S/C21H23N5O4S/c1-21(2,20(23)24)31(28,29)12-14-7-8-30-18-6-4-15(9-16(14)18)26-19(27)17-5-3-13(10-22)11-25-17/h3-6,9,11,14H,7-8,12H2,1-2H3,(H3,23,24)(H,26,27). The minimum Gasteiger partial charge on any atom is -0.493 e. The maximum Gasteiger partial charge on any atom is 0.274 e. The smallest absolute Gasteiger partial charge is 0.274 e. The maximum atomic E-state index is 12.9. The van der Waals surface area contributed by atoms with Gasteiger partial charge in [0.05, 0.1) is 17.9 Å². The van der Waals surface area contributed by atoms with Crippen molar-refractivity contribution in [2.45, 2.75) is 30.9 Å². The molecule has 3 rings (SSSR count). The van der Waals surface area contributed by atoms with Gasteiger partial charge in [-0.3, -0.25) is 10.2 Å². The fourth-order valence-corrected chi connectivity index (χ4v) is 4.77. The van der Waals surface area contributed by atoms with E-state index in [1.807, 2.05) is 6.07 Å². The highest BCUT2D eigenvalue weighted by Gasteiger charge is 2.40. The highest BCUT2D eigenvalue weighted by Crippen LogP contribution is 2.38. The lowest BCUT2D eigenvalue weighted by molar-refractivity contribution is 0.102. The molecule has 2 aromatic rings. The Morgan fingerprint density at radius 1 is 1.39 bits per heavy atom. The normalized spacial score (nSPS) is 15.8. The van der Waals surface area contributed by atoms with E-state index in [4.69, 9.17) is 21.1 Å². The van der Waals surface area contributed by atoms with Crippen LogP contribution < -0.4 is 15.8 Å². The molecule has 1 atom stereocenters. The first-order valence-electron chi connectivity index (χ1n) is 9.56. The summed E-state index contributed by atoms with van der Waals surface area (Å²) in [5, 5.41) is 19.2. The number of nitrogens with one attached hydrogen (secondary N) is 2. The number of nitrogens with two attached hydrogens (primary N) is 1. The number of benzene rings is 1. The van der Waals surface area contributed by atoms with Gasteiger partial charge >= 0.3 is 0 Å². The average Bonchev–Trinajstić information content (AvgIpc) is 2.73. The maximum absolute atomic E-state index is 12.9. The van der Waals surface area contributed by atoms with Gasteiger partial charge < -0.3 is 15.8 Å². The number of fused-ring (bicyclic) bond motifs is 1. The molecule has 0 aliphatic carbocycles. The zero-order valence-corrected chi connectivity index (χ0v) is 18.0. The number of hydrogen-bond donors (Lipinski definition) is 3. The second-order valence-corrected chi connectivity index (χ2v) is 10.4. The Hall–Kier alpha value is -3.45. The molecule has 1 aromatic heterocycles. The molecule has 2 heterocycles. The summed E-state index contributed by atoms with van der Waals surface area (Å²) in [7, 11) is -3.72. The lowest BCUT2D eigenvalue weighted by Gasteiger charge is -2.30. The first-order valence-corrected chi connectivity index (χ1v) is 11.2. The largest absolute Gasteiger partial charge is 0.493 e. The Morgan fingerprint density at radius 2 is 2.13 bits per heavy atom. The summed E-state index contributed by atoms with van der Waals surface area (Å²) in [6, 6.07) is 9.93. The lowest BCUT2D eigenvalue weighted by Crippen LogP contribution is -2.47. The minimum absolute atomic E-state index is 0.148. The van der Waals surface area contributed by atoms with E-state index >= 15 is 0 Å². The third kappa shape index (κ3) is 4.51. The zero-order chi connectivity index (χ0) is 22.8. The second-order valence-electron chi connectivity index (χ2n) is 7.79. The van der Waals surface area contributed by atoms with Gasteiger partial charge in [-0.05, 0) is 50.6 Å². The predicted octanol–water partition coefficient (Wildman–Crippen LogP) is 2.20. The molecule has 9 nitrogen and oxygen atoms in total. The summed E-state index contributed by atoms with van der Waals surface area (Å²) in [6.07, 6.45) is 1.79. The van der Waals surface area contributed by atoms with Crippen molar-refractivity contribution in [1.29, 1.82) is 10.7 Å². The van der Waals surface area contributed by atoms with Crippen LogP contribution in [0.2, 0.25) is 0 Å². The third-order valence-corrected chi connectivity index (χ3v) is 8.02. The van der Waals surface area contributed by atoms with Crippen molar-refractivity contribution in [1.82, 2.24) is 4.98 Å². The summed E-state index contributed by atoms with van der Waals surface area (Å²) in [5.41, 5.74) is 7.15. The van der Waals surface area contributed by atoms with E-state index < -0.39 is 26.3 Å². The predicted molar refractivity (Wildman–Crippen MR) is 116 cm³/mol. The number of carbonyl (C=O) groups is 1. The zero-order valence-electron chi connectivity index (χ0n) is 17.2. The van der Waals surface area contributed by atoms with Crippen molar-refractivity contribution in [2.24, 2.45) is 5.73 Å². The van der Waals surface area contributed by atoms with Gasteiger partial charge in [0.2, 0.25) is 0 Å². The van der Waals surface area contributed by atoms with Gasteiger partial charge in [-0.25, -0.2) is 13.4 Å². The van der Waals surface area contributed by atoms with E-state index in [9.17, 15) is 13.2 Å². The van der Waals surface area contributed by atoms with Gasteiger partial charge in [-0.1, -0.05) is 0 Å². The van der Waals surface area contributed by atoms with Gasteiger partial charge in [-0.15, -0.1) is 0 Å². The number of pyridine rings is 1. The van der Waals surface area contributed by atoms with Crippen molar-refractivity contribution in [3.05, 3.63) is 53.3 Å². The number of carbonyl (C=O) groups excluding carboxylic acids is 1. The Morgan fingerprint density at radius 3 is 2.74 bits per heavy atom. The summed E-state index contributed by atoms with van der Waals surface area (Å²) >= 11 is 0. The number of ether oxygens (including phenoxy) is 1. The number of hydrogen-bond acceptors (Lipinski definition) is 7. The number of amidine groups is 1. The molecule has 0 saturated carbocycles. The minimum atomic E-state index is -3.72. The first kappa shape index (κ1) is 22.2. The van der Waals surface area contributed by atoms with Crippen LogP contribution in [0.15, 0.2) is 36.5 Å². The monoisotopic (exact) mass is 441 g/mol. The molecular weight excluding hydrogens is 418 g/mol. The van der Waals surface area contributed by atoms with E-state index in [0.717, 1.165) is 0 Å². The van der Waals surface area contributed by atoms with Crippen LogP contribution in [0.25, 0.3) is 0 Å². The van der Waals surface area contributed by atoms with Crippen molar-refractivity contribution < 1.29 is 17.9 Å². The quantitative estimate of drug-likeness (QED) is 0.457. The molecule has 4 N–H and O–H groups in total. The van der Waals surface area contributed by atoms with Crippen LogP contribution >= 0.6 is 0 Å². The second kappa shape index (κ2) is 8.35. The van der Waals surface area contributed by atoms with Crippen molar-refractivity contribution in [2.75, 3.05) is 17.7 Å². The van der Waals surface area contributed by atoms with Crippen LogP contribution in [0.3, 0.4) is 0 Å². The molecule has 162 valence electrons. The molecule has 1 amide bonds. The molecule has 0 radical (unpaired) electrons. The van der Waals surface area contributed by atoms with E-state index in [1.54, 1.807) is 18.2 Å². The molecule has 1 unspecified atom stereocenters. The topological polar surface area (TPSA) is 159 Å². The van der Waals surface area contributed by atoms with Gasteiger partial charge in [-0.2, -0.15) is 5.26 Å². The fourth-order valence-electron chi connectivity index (χ4n) is 3.15. The number of amides is 1. The Labute approximate surface area is 180 Å². The van der Waals surface area contributed by atoms with Crippen LogP contribution in [0.5, 0.6) is 5.75 Å². The van der Waals surface area contributed by atoms with Gasteiger partial charge in [0.25, 0.3) is 5.91 Å². The average molecular weight is 442 g/mol. The summed E-state index contributed by atoms with van der Waals surface area (Å²) in [5.74, 6) is -0.859. The number of nitrogens with zero attached hydrogens (tertiary/aromatic N) is 2. The summed E-state index contributed by atoms with van der Waals surface area (Å²) in [6.45, 7) is 3.22. The van der Waals surface area contributed by atoms with Crippen molar-refractivity contribution in [3.63, 3.8) is 0 Å². The van der Waals surface area contributed by atoms with Crippen molar-refractivity contribution >= 4 is 27.3 Å². The SMILES string of the molecule is CC(C)(C(=N)N)S(=O)(=O)CC1CCOc2ccc(NC(=O)c3ccc(C#N)cn3)cc21. The molecule has 10 heteroatoms. The molecule has 0 spiro atoms. The van der Waals surface area contributed by atoms with Crippen LogP contribution in [-0.4, -0.2) is 42.3 Å². The van der Waals surface area contributed by atoms with Crippen LogP contribution in [-0.2, 0) is 9.84 Å². The molecule has 1 aromatic carbocycles. The van der Waals surface area contributed by atoms with Crippen LogP contribution in [0, 0.1) is 16.7 Å². The Balaban J connectivity index is 1.84. The molecule has 0 bridgehead atoms. The number of sulfone groups is 1. The van der Waals surface area contributed by atoms with Gasteiger partial charge in [0, 0.05) is 23.4 Å². The molecule has 0 fully saturated rings. The van der Waals surface area contributed by atoms with Crippen molar-refractivity contribution in [3.8, 4) is 11.8 Å². The fraction of sp³-hybridized carbons (Fsp3) is 0.333. The third-order valence-electron chi connectivity index (χ3n) is 5.40. The first-order chi connectivity index (χ1) is 14.5. The number of rotatable bonds is 6. The summed E-state index contributed by atoms with van der Waals surface area (Å²) < 4.78 is 30.0. The van der Waals surface area contributed by atoms with E-state index in [1.165, 1.54) is 32.2 Å². The van der Waals surface area contributed by atoms with Gasteiger partial charge in [0.15, 0.2) is 9.84 Å². The van der Waals surface area contributed by atoms with E-state index in [-0.39, 0.29) is 17.4 Å². The molecule has 1 aliphatic heterocycles. The highest BCUT2D eigenvalue weighted by atomic mass is 32.2. The van der Waals surface area contributed by atoms with E-state index in [0.29, 0.717) is 35.6 Å². The number of anilines is 1. The molecule has 0 saturated heterocycles. The number of nitriles is 1. The van der Waals surface area contributed by atoms with Crippen LogP contribution in [0.1, 0.15) is 47.8 Å². The number of aromatic nitrogens is 1. The lowest BCUT2D eigenvalue weighted by atomic mass is 9.94. The molecular formula is C21H23N5O4S. The molecule has 31 heavy (non-hydrogen) atoms. The Kier molecular flexibility index (Phi) is 5.99. The highest BCUT2D eigenvalue weighted by molar-refractivity contribution is 7.93. The Bertz CT molecular complexity index is 1170. The van der Waals surface area contributed by atoms with E-state index in [2.05, 4.69) is 10.3 Å². The van der Waals surface area contributed by atoms with Crippen LogP contribution in [0.4, 0.5) is 5.69 Å².